The van der Waals surface area contributed by atoms with Gasteiger partial charge in [0.15, 0.2) is 5.13 Å². The molecule has 11 heteroatoms. The molecule has 1 heterocycles. The maximum Gasteiger partial charge on any atom is 0.264 e. The van der Waals surface area contributed by atoms with Crippen LogP contribution in [0.5, 0.6) is 0 Å². The molecule has 0 atom stereocenters. The molecule has 0 N–H and O–H groups in total. The molecule has 1 aromatic heterocycles. The Bertz CT molecular complexity index is 1450. The second-order valence-corrected chi connectivity index (χ2v) is 11.2. The van der Waals surface area contributed by atoms with E-state index in [9.17, 15) is 17.6 Å². The summed E-state index contributed by atoms with van der Waals surface area (Å²) in [6.45, 7) is 0.905. The van der Waals surface area contributed by atoms with Crippen molar-refractivity contribution >= 4 is 60.7 Å². The number of anilines is 2. The second-order valence-electron chi connectivity index (χ2n) is 8.18. The van der Waals surface area contributed by atoms with Gasteiger partial charge in [-0.2, -0.15) is 0 Å². The quantitative estimate of drug-likeness (QED) is 0.313. The standard InChI is InChI=1S/C25H25FN4O3S2.ClH/c1-28(2)16-17-30(25-27-23-21(26)10-7-11-22(23)34-25)24(31)18-12-14-20(15-13-18)35(32,33)29(3)19-8-5-4-6-9-19;/h4-15H,16-17H2,1-3H3;1H. The number of likely N-dealkylation sites (N-methyl/N-ethyl adjacent to an activating group) is 1. The third-order valence-electron chi connectivity index (χ3n) is 5.48. The third-order valence-corrected chi connectivity index (χ3v) is 8.33. The Morgan fingerprint density at radius 2 is 1.58 bits per heavy atom. The van der Waals surface area contributed by atoms with Crippen LogP contribution in [-0.2, 0) is 10.0 Å². The molecule has 0 radical (unpaired) electrons. The van der Waals surface area contributed by atoms with Gasteiger partial charge < -0.3 is 4.90 Å². The van der Waals surface area contributed by atoms with E-state index in [0.29, 0.717) is 34.2 Å². The van der Waals surface area contributed by atoms with E-state index >= 15 is 0 Å². The van der Waals surface area contributed by atoms with Crippen molar-refractivity contribution in [2.24, 2.45) is 0 Å². The molecule has 7 nitrogen and oxygen atoms in total. The van der Waals surface area contributed by atoms with Gasteiger partial charge in [-0.15, -0.1) is 12.4 Å². The topological polar surface area (TPSA) is 73.8 Å². The molecular weight excluding hydrogens is 523 g/mol. The van der Waals surface area contributed by atoms with Gasteiger partial charge in [0.05, 0.1) is 15.3 Å². The highest BCUT2D eigenvalue weighted by molar-refractivity contribution is 7.92. The molecule has 36 heavy (non-hydrogen) atoms. The Morgan fingerprint density at radius 1 is 0.917 bits per heavy atom. The first-order valence-electron chi connectivity index (χ1n) is 10.8. The number of sulfonamides is 1. The number of hydrogen-bond acceptors (Lipinski definition) is 6. The summed E-state index contributed by atoms with van der Waals surface area (Å²) >= 11 is 1.24. The van der Waals surface area contributed by atoms with Crippen molar-refractivity contribution in [2.75, 3.05) is 43.4 Å². The van der Waals surface area contributed by atoms with Gasteiger partial charge in [-0.25, -0.2) is 17.8 Å². The number of para-hydroxylation sites is 2. The highest BCUT2D eigenvalue weighted by Crippen LogP contribution is 2.31. The third kappa shape index (κ3) is 5.67. The number of hydrogen-bond donors (Lipinski definition) is 0. The fourth-order valence-corrected chi connectivity index (χ4v) is 5.66. The van der Waals surface area contributed by atoms with Crippen molar-refractivity contribution < 1.29 is 17.6 Å². The number of benzene rings is 3. The van der Waals surface area contributed by atoms with Crippen molar-refractivity contribution in [2.45, 2.75) is 4.90 Å². The van der Waals surface area contributed by atoms with Gasteiger partial charge in [0, 0.05) is 25.7 Å². The van der Waals surface area contributed by atoms with E-state index in [1.165, 1.54) is 57.9 Å². The van der Waals surface area contributed by atoms with Crippen molar-refractivity contribution in [1.29, 1.82) is 0 Å². The number of aromatic nitrogens is 1. The van der Waals surface area contributed by atoms with Crippen LogP contribution >= 0.6 is 23.7 Å². The van der Waals surface area contributed by atoms with Gasteiger partial charge in [-0.3, -0.25) is 14.0 Å². The first-order valence-corrected chi connectivity index (χ1v) is 13.1. The molecule has 0 aliphatic carbocycles. The van der Waals surface area contributed by atoms with Gasteiger partial charge in [0.2, 0.25) is 0 Å². The second kappa shape index (κ2) is 11.3. The number of fused-ring (bicyclic) bond motifs is 1. The van der Waals surface area contributed by atoms with Crippen LogP contribution in [0.1, 0.15) is 10.4 Å². The molecule has 0 saturated carbocycles. The minimum atomic E-state index is -3.80. The summed E-state index contributed by atoms with van der Waals surface area (Å²) < 4.78 is 42.2. The Hall–Kier alpha value is -3.05. The lowest BCUT2D eigenvalue weighted by atomic mass is 10.2. The minimum Gasteiger partial charge on any atom is -0.308 e. The Kier molecular flexibility index (Phi) is 8.67. The number of halogens is 2. The van der Waals surface area contributed by atoms with Crippen LogP contribution in [-0.4, -0.2) is 58.4 Å². The first kappa shape index (κ1) is 27.5. The van der Waals surface area contributed by atoms with Gasteiger partial charge in [0.1, 0.15) is 11.3 Å². The van der Waals surface area contributed by atoms with Gasteiger partial charge >= 0.3 is 0 Å². The highest BCUT2D eigenvalue weighted by Gasteiger charge is 2.25. The van der Waals surface area contributed by atoms with Crippen LogP contribution in [0.3, 0.4) is 0 Å². The summed E-state index contributed by atoms with van der Waals surface area (Å²) in [5, 5.41) is 0.387. The van der Waals surface area contributed by atoms with Crippen LogP contribution in [0.2, 0.25) is 0 Å². The predicted octanol–water partition coefficient (Wildman–Crippen LogP) is 4.89. The molecule has 4 aromatic rings. The van der Waals surface area contributed by atoms with E-state index < -0.39 is 15.8 Å². The number of amides is 1. The van der Waals surface area contributed by atoms with Gasteiger partial charge in [-0.1, -0.05) is 35.6 Å². The Morgan fingerprint density at radius 3 is 2.19 bits per heavy atom. The molecule has 0 fully saturated rings. The number of thiazole rings is 1. The average Bonchev–Trinajstić information content (AvgIpc) is 3.29. The SMILES string of the molecule is CN(C)CCN(C(=O)c1ccc(S(=O)(=O)N(C)c2ccccc2)cc1)c1nc2c(F)cccc2s1.Cl. The van der Waals surface area contributed by atoms with Crippen LogP contribution in [0.4, 0.5) is 15.2 Å². The van der Waals surface area contributed by atoms with Crippen LogP contribution in [0.15, 0.2) is 77.7 Å². The van der Waals surface area contributed by atoms with E-state index in [4.69, 9.17) is 0 Å². The van der Waals surface area contributed by atoms with E-state index in [2.05, 4.69) is 4.98 Å². The van der Waals surface area contributed by atoms with E-state index in [0.717, 1.165) is 0 Å². The largest absolute Gasteiger partial charge is 0.308 e. The lowest BCUT2D eigenvalue weighted by Crippen LogP contribution is -2.36. The number of rotatable bonds is 8. The summed E-state index contributed by atoms with van der Waals surface area (Å²) in [6.07, 6.45) is 0. The monoisotopic (exact) mass is 548 g/mol. The average molecular weight is 549 g/mol. The normalized spacial score (nSPS) is 11.4. The van der Waals surface area contributed by atoms with Crippen LogP contribution in [0.25, 0.3) is 10.2 Å². The fraction of sp³-hybridized carbons (Fsp3) is 0.200. The summed E-state index contributed by atoms with van der Waals surface area (Å²) in [5.41, 5.74) is 1.07. The summed E-state index contributed by atoms with van der Waals surface area (Å²) in [7, 11) is 1.47. The Labute approximate surface area is 220 Å². The molecule has 0 unspecified atom stereocenters. The molecule has 0 saturated heterocycles. The molecule has 4 rings (SSSR count). The van der Waals surface area contributed by atoms with Gasteiger partial charge in [0.25, 0.3) is 15.9 Å². The molecule has 1 amide bonds. The van der Waals surface area contributed by atoms with E-state index in [1.807, 2.05) is 25.1 Å². The fourth-order valence-electron chi connectivity index (χ4n) is 3.46. The predicted molar refractivity (Wildman–Crippen MR) is 146 cm³/mol. The number of carbonyl (C=O) groups is 1. The van der Waals surface area contributed by atoms with Crippen LogP contribution < -0.4 is 9.21 Å². The maximum absolute atomic E-state index is 14.2. The van der Waals surface area contributed by atoms with Crippen molar-refractivity contribution in [3.8, 4) is 0 Å². The van der Waals surface area contributed by atoms with Crippen molar-refractivity contribution in [3.63, 3.8) is 0 Å². The zero-order chi connectivity index (χ0) is 25.2. The van der Waals surface area contributed by atoms with Crippen molar-refractivity contribution in [3.05, 3.63) is 84.2 Å². The molecular formula is C25H26ClFN4O3S2. The minimum absolute atomic E-state index is 0. The molecule has 0 aliphatic rings. The number of nitrogens with zero attached hydrogens (tertiary/aromatic N) is 4. The highest BCUT2D eigenvalue weighted by atomic mass is 35.5. The lowest BCUT2D eigenvalue weighted by molar-refractivity contribution is 0.0985. The first-order chi connectivity index (χ1) is 16.7. The summed E-state index contributed by atoms with van der Waals surface area (Å²) in [6, 6.07) is 19.3. The lowest BCUT2D eigenvalue weighted by Gasteiger charge is -2.22. The molecule has 3 aromatic carbocycles. The van der Waals surface area contributed by atoms with Gasteiger partial charge in [-0.05, 0) is 62.6 Å². The smallest absolute Gasteiger partial charge is 0.264 e. The van der Waals surface area contributed by atoms with E-state index in [-0.39, 0.29) is 28.7 Å². The van der Waals surface area contributed by atoms with Crippen molar-refractivity contribution in [1.82, 2.24) is 9.88 Å². The maximum atomic E-state index is 14.2. The van der Waals surface area contributed by atoms with E-state index in [1.54, 1.807) is 36.4 Å². The molecule has 0 spiro atoms. The Balaban J connectivity index is 0.00000361. The van der Waals surface area contributed by atoms with Crippen LogP contribution in [0, 0.1) is 5.82 Å². The molecule has 0 bridgehead atoms. The zero-order valence-corrected chi connectivity index (χ0v) is 22.4. The number of carbonyl (C=O) groups excluding carboxylic acids is 1. The molecule has 190 valence electrons. The summed E-state index contributed by atoms with van der Waals surface area (Å²) in [5.74, 6) is -0.784. The molecule has 0 aliphatic heterocycles. The summed E-state index contributed by atoms with van der Waals surface area (Å²) in [4.78, 5) is 21.3. The zero-order valence-electron chi connectivity index (χ0n) is 20.0.